The summed E-state index contributed by atoms with van der Waals surface area (Å²) in [5.41, 5.74) is 2.83. The largest absolute Gasteiger partial charge is 0.497 e. The number of aromatic nitrogens is 1. The Morgan fingerprint density at radius 2 is 1.76 bits per heavy atom. The van der Waals surface area contributed by atoms with Crippen molar-refractivity contribution in [2.24, 2.45) is 4.99 Å². The van der Waals surface area contributed by atoms with E-state index < -0.39 is 12.0 Å². The number of methoxy groups -OCH3 is 1. The highest BCUT2D eigenvalue weighted by Gasteiger charge is 2.33. The van der Waals surface area contributed by atoms with Crippen molar-refractivity contribution in [1.82, 2.24) is 4.57 Å². The fourth-order valence-electron chi connectivity index (χ4n) is 4.93. The van der Waals surface area contributed by atoms with Crippen molar-refractivity contribution in [2.45, 2.75) is 33.4 Å². The first-order valence-electron chi connectivity index (χ1n) is 14.2. The van der Waals surface area contributed by atoms with Gasteiger partial charge in [0, 0.05) is 12.1 Å². The Labute approximate surface area is 262 Å². The van der Waals surface area contributed by atoms with Crippen LogP contribution in [0.2, 0.25) is 0 Å². The van der Waals surface area contributed by atoms with Gasteiger partial charge in [-0.3, -0.25) is 9.36 Å². The first-order valence-corrected chi connectivity index (χ1v) is 15.0. The number of carbonyl (C=O) groups excluding carboxylic acids is 1. The van der Waals surface area contributed by atoms with Crippen LogP contribution in [-0.4, -0.2) is 41.0 Å². The number of nitrogens with zero attached hydrogens (tertiary/aromatic N) is 3. The highest BCUT2D eigenvalue weighted by Crippen LogP contribution is 2.32. The lowest BCUT2D eigenvalue weighted by Gasteiger charge is -2.24. The van der Waals surface area contributed by atoms with Crippen molar-refractivity contribution in [2.75, 3.05) is 20.3 Å². The molecule has 0 fully saturated rings. The number of thiazole rings is 1. The minimum atomic E-state index is -0.730. The number of fused-ring (bicyclic) bond motifs is 1. The number of ether oxygens (including phenoxy) is 4. The van der Waals surface area contributed by atoms with E-state index in [9.17, 15) is 14.5 Å². The summed E-state index contributed by atoms with van der Waals surface area (Å²) in [4.78, 5) is 43.0. The third-order valence-electron chi connectivity index (χ3n) is 7.07. The lowest BCUT2D eigenvalue weighted by Crippen LogP contribution is -2.39. The fraction of sp³-hybridized carbons (Fsp3) is 0.242. The molecule has 3 aromatic carbocycles. The summed E-state index contributed by atoms with van der Waals surface area (Å²) in [5.74, 6) is 1.12. The van der Waals surface area contributed by atoms with Gasteiger partial charge in [-0.25, -0.2) is 15.0 Å². The second kappa shape index (κ2) is 13.6. The van der Waals surface area contributed by atoms with Crippen molar-refractivity contribution in [1.29, 1.82) is 0 Å². The molecule has 5 rings (SSSR count). The maximum absolute atomic E-state index is 13.9. The predicted molar refractivity (Wildman–Crippen MR) is 167 cm³/mol. The smallest absolute Gasteiger partial charge is 0.338 e. The molecule has 45 heavy (non-hydrogen) atoms. The molecule has 11 nitrogen and oxygen atoms in total. The highest BCUT2D eigenvalue weighted by molar-refractivity contribution is 7.07. The molecule has 1 aliphatic heterocycles. The lowest BCUT2D eigenvalue weighted by atomic mass is 9.96. The monoisotopic (exact) mass is 630 g/mol. The van der Waals surface area contributed by atoms with E-state index in [1.807, 2.05) is 25.1 Å². The molecule has 0 aliphatic carbocycles. The average Bonchev–Trinajstić information content (AvgIpc) is 3.34. The zero-order valence-electron chi connectivity index (χ0n) is 25.2. The van der Waals surface area contributed by atoms with Crippen LogP contribution in [0.25, 0.3) is 6.08 Å². The summed E-state index contributed by atoms with van der Waals surface area (Å²) in [7, 11) is 1.57. The maximum Gasteiger partial charge on any atom is 0.338 e. The van der Waals surface area contributed by atoms with Gasteiger partial charge >= 0.3 is 11.7 Å². The van der Waals surface area contributed by atoms with E-state index in [4.69, 9.17) is 24.2 Å². The summed E-state index contributed by atoms with van der Waals surface area (Å²) >= 11 is 1.23. The van der Waals surface area contributed by atoms with Gasteiger partial charge in [0.25, 0.3) is 10.5 Å². The zero-order valence-corrected chi connectivity index (χ0v) is 26.0. The van der Waals surface area contributed by atoms with Crippen molar-refractivity contribution in [3.63, 3.8) is 0 Å². The topological polar surface area (TPSA) is 129 Å². The molecule has 0 radical (unpaired) electrons. The molecule has 0 saturated carbocycles. The van der Waals surface area contributed by atoms with Crippen LogP contribution in [-0.2, 0) is 16.1 Å². The molecule has 0 saturated heterocycles. The van der Waals surface area contributed by atoms with E-state index in [0.29, 0.717) is 50.0 Å². The minimum absolute atomic E-state index is 0.117. The van der Waals surface area contributed by atoms with Crippen molar-refractivity contribution >= 4 is 29.1 Å². The van der Waals surface area contributed by atoms with Crippen LogP contribution in [0.4, 0.5) is 5.69 Å². The quantitative estimate of drug-likeness (QED) is 0.188. The normalized spacial score (nSPS) is 14.4. The third-order valence-corrected chi connectivity index (χ3v) is 8.05. The van der Waals surface area contributed by atoms with Gasteiger partial charge in [0.05, 0.1) is 47.1 Å². The van der Waals surface area contributed by atoms with Gasteiger partial charge in [-0.15, -0.1) is 0 Å². The van der Waals surface area contributed by atoms with Gasteiger partial charge in [0.1, 0.15) is 12.4 Å². The van der Waals surface area contributed by atoms with Crippen LogP contribution in [0.15, 0.2) is 87.8 Å². The second-order valence-corrected chi connectivity index (χ2v) is 11.0. The molecule has 1 unspecified atom stereocenters. The molecule has 1 aromatic heterocycles. The number of hydrogen-bond acceptors (Lipinski definition) is 9. The van der Waals surface area contributed by atoms with Gasteiger partial charge in [-0.05, 0) is 79.9 Å². The van der Waals surface area contributed by atoms with Crippen LogP contribution in [0, 0.1) is 4.91 Å². The molecule has 2 heterocycles. The number of hydrogen-bond donors (Lipinski definition) is 1. The lowest BCUT2D eigenvalue weighted by molar-refractivity contribution is -0.729. The minimum Gasteiger partial charge on any atom is -0.497 e. The molecule has 232 valence electrons. The zero-order chi connectivity index (χ0) is 32.1. The van der Waals surface area contributed by atoms with Crippen LogP contribution in [0.1, 0.15) is 43.5 Å². The van der Waals surface area contributed by atoms with Crippen molar-refractivity contribution in [3.8, 4) is 17.2 Å². The van der Waals surface area contributed by atoms with Crippen LogP contribution >= 0.6 is 11.3 Å². The van der Waals surface area contributed by atoms with Gasteiger partial charge in [-0.2, -0.15) is 0 Å². The highest BCUT2D eigenvalue weighted by atomic mass is 32.1. The third kappa shape index (κ3) is 6.65. The summed E-state index contributed by atoms with van der Waals surface area (Å²) in [5, 5.41) is 9.04. The Balaban J connectivity index is 1.51. The number of carbonyl (C=O) groups is 1. The van der Waals surface area contributed by atoms with E-state index in [1.165, 1.54) is 28.0 Å². The molecule has 0 bridgehead atoms. The molecule has 0 spiro atoms. The average molecular weight is 631 g/mol. The molecule has 4 aromatic rings. The van der Waals surface area contributed by atoms with Gasteiger partial charge in [0.2, 0.25) is 0 Å². The molecule has 1 aliphatic rings. The Hall–Kier alpha value is -5.23. The van der Waals surface area contributed by atoms with Gasteiger partial charge in [0.15, 0.2) is 16.3 Å². The Bertz CT molecular complexity index is 1940. The van der Waals surface area contributed by atoms with E-state index >= 15 is 0 Å². The Morgan fingerprint density at radius 3 is 2.40 bits per heavy atom. The molecule has 12 heteroatoms. The van der Waals surface area contributed by atoms with Crippen LogP contribution in [0.5, 0.6) is 17.2 Å². The molecular formula is C33H32N3O8S+. The van der Waals surface area contributed by atoms with Crippen LogP contribution < -0.4 is 29.1 Å². The van der Waals surface area contributed by atoms with Crippen molar-refractivity contribution < 1.29 is 33.9 Å². The molecular weight excluding hydrogens is 598 g/mol. The molecule has 0 amide bonds. The first-order chi connectivity index (χ1) is 21.7. The summed E-state index contributed by atoms with van der Waals surface area (Å²) in [6.07, 6.45) is 1.76. The Kier molecular flexibility index (Phi) is 9.43. The summed E-state index contributed by atoms with van der Waals surface area (Å²) < 4.78 is 24.5. The van der Waals surface area contributed by atoms with Gasteiger partial charge < -0.3 is 18.9 Å². The van der Waals surface area contributed by atoms with E-state index in [1.54, 1.807) is 63.4 Å². The van der Waals surface area contributed by atoms with E-state index in [0.717, 1.165) is 11.1 Å². The molecule has 1 N–H and O–H groups in total. The Morgan fingerprint density at radius 1 is 1.02 bits per heavy atom. The fourth-order valence-corrected chi connectivity index (χ4v) is 5.97. The number of allylic oxidation sites excluding steroid dienone is 1. The maximum atomic E-state index is 13.9. The van der Waals surface area contributed by atoms with E-state index in [-0.39, 0.29) is 29.4 Å². The summed E-state index contributed by atoms with van der Waals surface area (Å²) in [6, 6.07) is 18.2. The standard InChI is InChI=1S/C33H32N3O8S/c1-5-42-27-17-22(9-16-26(27)44-19-21-7-12-24(13-8-21)36(39)40)18-28-31(37)35-30(23-10-14-25(41-4)15-11-23)29(32(38)43-6-2)20(3)34-33(35)45-28/h7-18,30H,5-6,19H2,1-4H3,(H,39,40)/q+1/b28-18-. The van der Waals surface area contributed by atoms with Crippen LogP contribution in [0.3, 0.4) is 0 Å². The first kappa shape index (κ1) is 31.2. The number of rotatable bonds is 11. The SMILES string of the molecule is CCOC(=O)C1=C(C)N=c2s/c(=C\c3ccc(OCc4ccc([N+](=O)O)cc4)c(OCC)c3)c(=O)n2C1c1ccc(OC)cc1. The summed E-state index contributed by atoms with van der Waals surface area (Å²) in [6.45, 7) is 6.12. The number of esters is 1. The number of benzene rings is 3. The van der Waals surface area contributed by atoms with E-state index in [2.05, 4.69) is 4.99 Å². The van der Waals surface area contributed by atoms with Crippen molar-refractivity contribution in [3.05, 3.63) is 119 Å². The predicted octanol–water partition coefficient (Wildman–Crippen LogP) is 4.58. The second-order valence-electron chi connectivity index (χ2n) is 9.94. The molecule has 1 atom stereocenters. The van der Waals surface area contributed by atoms with Gasteiger partial charge in [-0.1, -0.05) is 29.5 Å².